The summed E-state index contributed by atoms with van der Waals surface area (Å²) < 4.78 is 2.07. The van der Waals surface area contributed by atoms with Crippen LogP contribution in [0.4, 0.5) is 0 Å². The Kier molecular flexibility index (Phi) is 4.45. The Morgan fingerprint density at radius 3 is 3.14 bits per heavy atom. The van der Waals surface area contributed by atoms with E-state index < -0.39 is 0 Å². The zero-order chi connectivity index (χ0) is 14.8. The fourth-order valence-corrected chi connectivity index (χ4v) is 4.27. The molecule has 0 amide bonds. The summed E-state index contributed by atoms with van der Waals surface area (Å²) in [6, 6.07) is 5.05. The second-order valence-electron chi connectivity index (χ2n) is 6.21. The highest BCUT2D eigenvalue weighted by atomic mass is 32.1. The largest absolute Gasteiger partial charge is 0.327 e. The summed E-state index contributed by atoms with van der Waals surface area (Å²) in [6.45, 7) is 4.40. The lowest BCUT2D eigenvalue weighted by molar-refractivity contribution is 0.447. The standard InChI is InChI=1S/C17H25N3S/c1-3-12(2)20-9-7-13(19-20)11-16(18)14-5-4-6-17-15(14)8-10-21-17/h7-10,12,14,16H,3-6,11,18H2,1-2H3. The molecule has 3 nitrogen and oxygen atoms in total. The van der Waals surface area contributed by atoms with Gasteiger partial charge in [-0.2, -0.15) is 5.10 Å². The maximum atomic E-state index is 6.53. The van der Waals surface area contributed by atoms with Crippen molar-refractivity contribution in [2.45, 2.75) is 64.0 Å². The summed E-state index contributed by atoms with van der Waals surface area (Å²) in [6.07, 6.45) is 7.80. The third-order valence-corrected chi connectivity index (χ3v) is 5.76. The van der Waals surface area contributed by atoms with Crippen LogP contribution in [0.5, 0.6) is 0 Å². The van der Waals surface area contributed by atoms with Crippen molar-refractivity contribution < 1.29 is 0 Å². The molecule has 2 heterocycles. The highest BCUT2D eigenvalue weighted by Crippen LogP contribution is 2.37. The first-order valence-corrected chi connectivity index (χ1v) is 8.93. The summed E-state index contributed by atoms with van der Waals surface area (Å²) in [7, 11) is 0. The van der Waals surface area contributed by atoms with Gasteiger partial charge in [0, 0.05) is 35.5 Å². The van der Waals surface area contributed by atoms with Crippen molar-refractivity contribution in [3.05, 3.63) is 39.8 Å². The predicted molar refractivity (Wildman–Crippen MR) is 88.9 cm³/mol. The number of hydrogen-bond donors (Lipinski definition) is 1. The van der Waals surface area contributed by atoms with E-state index >= 15 is 0 Å². The van der Waals surface area contributed by atoms with Crippen LogP contribution in [0.25, 0.3) is 0 Å². The minimum Gasteiger partial charge on any atom is -0.327 e. The molecule has 3 unspecified atom stereocenters. The Bertz CT molecular complexity index is 586. The molecule has 2 aromatic rings. The lowest BCUT2D eigenvalue weighted by atomic mass is 9.81. The number of nitrogens with two attached hydrogens (primary N) is 1. The zero-order valence-electron chi connectivity index (χ0n) is 13.0. The quantitative estimate of drug-likeness (QED) is 0.910. The average Bonchev–Trinajstić information content (AvgIpc) is 3.14. The van der Waals surface area contributed by atoms with Gasteiger partial charge in [-0.1, -0.05) is 6.92 Å². The molecule has 1 aliphatic carbocycles. The monoisotopic (exact) mass is 303 g/mol. The SMILES string of the molecule is CCC(C)n1ccc(CC(N)C2CCCc3sccc32)n1. The smallest absolute Gasteiger partial charge is 0.0640 e. The highest BCUT2D eigenvalue weighted by Gasteiger charge is 2.27. The van der Waals surface area contributed by atoms with Crippen LogP contribution in [-0.4, -0.2) is 15.8 Å². The molecule has 3 atom stereocenters. The molecular weight excluding hydrogens is 278 g/mol. The van der Waals surface area contributed by atoms with Crippen LogP contribution >= 0.6 is 11.3 Å². The van der Waals surface area contributed by atoms with Gasteiger partial charge in [-0.05, 0) is 55.7 Å². The van der Waals surface area contributed by atoms with Crippen molar-refractivity contribution >= 4 is 11.3 Å². The summed E-state index contributed by atoms with van der Waals surface area (Å²) in [5.41, 5.74) is 9.16. The first-order chi connectivity index (χ1) is 10.2. The van der Waals surface area contributed by atoms with Gasteiger partial charge >= 0.3 is 0 Å². The lowest BCUT2D eigenvalue weighted by Crippen LogP contribution is -2.32. The normalized spacial score (nSPS) is 21.0. The van der Waals surface area contributed by atoms with E-state index in [0.717, 1.165) is 18.5 Å². The second kappa shape index (κ2) is 6.32. The molecule has 0 saturated heterocycles. The van der Waals surface area contributed by atoms with Crippen molar-refractivity contribution in [1.29, 1.82) is 0 Å². The zero-order valence-corrected chi connectivity index (χ0v) is 13.8. The number of aromatic nitrogens is 2. The maximum Gasteiger partial charge on any atom is 0.0640 e. The summed E-state index contributed by atoms with van der Waals surface area (Å²) in [5, 5.41) is 6.91. The molecule has 2 N–H and O–H groups in total. The molecule has 0 aromatic carbocycles. The van der Waals surface area contributed by atoms with Crippen LogP contribution in [0.15, 0.2) is 23.7 Å². The molecule has 0 bridgehead atoms. The van der Waals surface area contributed by atoms with Crippen LogP contribution in [0, 0.1) is 0 Å². The molecule has 0 aliphatic heterocycles. The van der Waals surface area contributed by atoms with E-state index in [-0.39, 0.29) is 6.04 Å². The van der Waals surface area contributed by atoms with E-state index in [4.69, 9.17) is 10.8 Å². The summed E-state index contributed by atoms with van der Waals surface area (Å²) in [5.74, 6) is 0.508. The van der Waals surface area contributed by atoms with Gasteiger partial charge in [0.2, 0.25) is 0 Å². The lowest BCUT2D eigenvalue weighted by Gasteiger charge is -2.27. The van der Waals surface area contributed by atoms with Crippen molar-refractivity contribution in [3.63, 3.8) is 0 Å². The number of nitrogens with zero attached hydrogens (tertiary/aromatic N) is 2. The molecule has 2 aromatic heterocycles. The Labute approximate surface area is 131 Å². The molecule has 1 aliphatic rings. The first kappa shape index (κ1) is 14.8. The van der Waals surface area contributed by atoms with Crippen LogP contribution in [-0.2, 0) is 12.8 Å². The van der Waals surface area contributed by atoms with Crippen molar-refractivity contribution in [2.24, 2.45) is 5.73 Å². The Morgan fingerprint density at radius 1 is 1.48 bits per heavy atom. The fourth-order valence-electron chi connectivity index (χ4n) is 3.27. The summed E-state index contributed by atoms with van der Waals surface area (Å²) in [4.78, 5) is 1.55. The van der Waals surface area contributed by atoms with Gasteiger partial charge in [0.15, 0.2) is 0 Å². The van der Waals surface area contributed by atoms with Gasteiger partial charge in [-0.3, -0.25) is 4.68 Å². The van der Waals surface area contributed by atoms with Gasteiger partial charge in [0.1, 0.15) is 0 Å². The van der Waals surface area contributed by atoms with Gasteiger partial charge in [-0.15, -0.1) is 11.3 Å². The van der Waals surface area contributed by atoms with E-state index in [1.165, 1.54) is 24.8 Å². The van der Waals surface area contributed by atoms with Crippen LogP contribution in [0.1, 0.15) is 61.2 Å². The Morgan fingerprint density at radius 2 is 2.33 bits per heavy atom. The summed E-state index contributed by atoms with van der Waals surface area (Å²) >= 11 is 1.89. The van der Waals surface area contributed by atoms with Gasteiger partial charge in [-0.25, -0.2) is 0 Å². The van der Waals surface area contributed by atoms with Gasteiger partial charge in [0.25, 0.3) is 0 Å². The van der Waals surface area contributed by atoms with Crippen molar-refractivity contribution in [2.75, 3.05) is 0 Å². The maximum absolute atomic E-state index is 6.53. The molecule has 0 fully saturated rings. The van der Waals surface area contributed by atoms with E-state index in [0.29, 0.717) is 12.0 Å². The van der Waals surface area contributed by atoms with Gasteiger partial charge < -0.3 is 5.73 Å². The minimum absolute atomic E-state index is 0.180. The molecule has 0 radical (unpaired) electrons. The third-order valence-electron chi connectivity index (χ3n) is 4.77. The Balaban J connectivity index is 1.70. The van der Waals surface area contributed by atoms with E-state index in [2.05, 4.69) is 42.2 Å². The number of aryl methyl sites for hydroxylation is 1. The van der Waals surface area contributed by atoms with Crippen LogP contribution in [0.2, 0.25) is 0 Å². The van der Waals surface area contributed by atoms with Crippen molar-refractivity contribution in [1.82, 2.24) is 9.78 Å². The van der Waals surface area contributed by atoms with Crippen LogP contribution in [0.3, 0.4) is 0 Å². The first-order valence-electron chi connectivity index (χ1n) is 8.05. The minimum atomic E-state index is 0.180. The molecule has 0 spiro atoms. The fraction of sp³-hybridized carbons (Fsp3) is 0.588. The van der Waals surface area contributed by atoms with E-state index in [1.807, 2.05) is 11.3 Å². The molecule has 0 saturated carbocycles. The topological polar surface area (TPSA) is 43.8 Å². The van der Waals surface area contributed by atoms with Gasteiger partial charge in [0.05, 0.1) is 5.69 Å². The highest BCUT2D eigenvalue weighted by molar-refractivity contribution is 7.10. The third kappa shape index (κ3) is 3.06. The molecule has 4 heteroatoms. The predicted octanol–water partition coefficient (Wildman–Crippen LogP) is 3.91. The number of rotatable bonds is 5. The number of fused-ring (bicyclic) bond motifs is 1. The van der Waals surface area contributed by atoms with E-state index in [9.17, 15) is 0 Å². The number of thiophene rings is 1. The Hall–Kier alpha value is -1.13. The van der Waals surface area contributed by atoms with E-state index in [1.54, 1.807) is 4.88 Å². The van der Waals surface area contributed by atoms with Crippen molar-refractivity contribution in [3.8, 4) is 0 Å². The molecule has 114 valence electrons. The number of hydrogen-bond acceptors (Lipinski definition) is 3. The molecule has 21 heavy (non-hydrogen) atoms. The molecule has 3 rings (SSSR count). The second-order valence-corrected chi connectivity index (χ2v) is 7.21. The molecular formula is C17H25N3S. The average molecular weight is 303 g/mol. The van der Waals surface area contributed by atoms with Crippen LogP contribution < -0.4 is 5.73 Å².